The summed E-state index contributed by atoms with van der Waals surface area (Å²) in [5.41, 5.74) is 0.735. The first-order valence-electron chi connectivity index (χ1n) is 6.29. The van der Waals surface area contributed by atoms with E-state index in [1.165, 1.54) is 0 Å². The second-order valence-electron chi connectivity index (χ2n) is 4.17. The van der Waals surface area contributed by atoms with E-state index in [1.807, 2.05) is 24.3 Å². The van der Waals surface area contributed by atoms with E-state index in [-0.39, 0.29) is 6.01 Å². The molecule has 6 heteroatoms. The molecule has 0 N–H and O–H groups in total. The highest BCUT2D eigenvalue weighted by Crippen LogP contribution is 2.26. The number of rotatable bonds is 6. The average molecular weight is 278 g/mol. The van der Waals surface area contributed by atoms with E-state index in [0.717, 1.165) is 10.9 Å². The first-order chi connectivity index (χ1) is 9.63. The van der Waals surface area contributed by atoms with Gasteiger partial charge in [0.25, 0.3) is 0 Å². The number of fused-ring (bicyclic) bond motifs is 1. The Morgan fingerprint density at radius 1 is 0.900 bits per heavy atom. The zero-order chi connectivity index (χ0) is 14.5. The fourth-order valence-electron chi connectivity index (χ4n) is 1.57. The molecule has 2 rings (SSSR count). The van der Waals surface area contributed by atoms with E-state index >= 15 is 0 Å². The lowest BCUT2D eigenvalue weighted by atomic mass is 10.2. The van der Waals surface area contributed by atoms with Crippen molar-refractivity contribution in [3.8, 4) is 11.9 Å². The van der Waals surface area contributed by atoms with Gasteiger partial charge >= 0.3 is 6.01 Å². The summed E-state index contributed by atoms with van der Waals surface area (Å²) in [6.45, 7) is 3.55. The maximum atomic E-state index is 5.64. The Bertz CT molecular complexity index is 576. The van der Waals surface area contributed by atoms with Crippen molar-refractivity contribution in [2.75, 3.05) is 14.2 Å². The molecule has 0 aliphatic heterocycles. The van der Waals surface area contributed by atoms with Crippen LogP contribution in [-0.2, 0) is 9.47 Å². The Kier molecular flexibility index (Phi) is 4.70. The fraction of sp³-hybridized carbons (Fsp3) is 0.429. The zero-order valence-corrected chi connectivity index (χ0v) is 12.0. The molecular formula is C14H18N2O4. The van der Waals surface area contributed by atoms with Crippen LogP contribution in [0.25, 0.3) is 10.9 Å². The van der Waals surface area contributed by atoms with Gasteiger partial charge < -0.3 is 18.9 Å². The highest BCUT2D eigenvalue weighted by atomic mass is 16.7. The van der Waals surface area contributed by atoms with Crippen LogP contribution in [-0.4, -0.2) is 36.8 Å². The summed E-state index contributed by atoms with van der Waals surface area (Å²) in [6.07, 6.45) is -0.857. The SMILES string of the molecule is COC(C)Oc1nc(OC(C)OC)c2ccccc2n1. The van der Waals surface area contributed by atoms with Crippen molar-refractivity contribution in [3.63, 3.8) is 0 Å². The van der Waals surface area contributed by atoms with E-state index in [0.29, 0.717) is 5.88 Å². The van der Waals surface area contributed by atoms with Gasteiger partial charge in [-0.05, 0) is 26.0 Å². The average Bonchev–Trinajstić information content (AvgIpc) is 2.47. The molecule has 20 heavy (non-hydrogen) atoms. The van der Waals surface area contributed by atoms with Crippen molar-refractivity contribution in [1.82, 2.24) is 9.97 Å². The number of para-hydroxylation sites is 1. The third-order valence-corrected chi connectivity index (χ3v) is 2.76. The van der Waals surface area contributed by atoms with E-state index in [1.54, 1.807) is 28.1 Å². The van der Waals surface area contributed by atoms with Gasteiger partial charge in [0.05, 0.1) is 10.9 Å². The molecule has 0 radical (unpaired) electrons. The molecule has 0 aliphatic rings. The third kappa shape index (κ3) is 3.34. The van der Waals surface area contributed by atoms with Crippen LogP contribution in [0.4, 0.5) is 0 Å². The van der Waals surface area contributed by atoms with Crippen molar-refractivity contribution >= 4 is 10.9 Å². The summed E-state index contributed by atoms with van der Waals surface area (Å²) >= 11 is 0. The van der Waals surface area contributed by atoms with Crippen LogP contribution in [0.3, 0.4) is 0 Å². The normalized spacial score (nSPS) is 14.0. The molecule has 0 bridgehead atoms. The summed E-state index contributed by atoms with van der Waals surface area (Å²) < 4.78 is 21.2. The van der Waals surface area contributed by atoms with Gasteiger partial charge in [-0.2, -0.15) is 9.97 Å². The van der Waals surface area contributed by atoms with E-state index in [2.05, 4.69) is 9.97 Å². The minimum atomic E-state index is -0.441. The lowest BCUT2D eigenvalue weighted by Crippen LogP contribution is -2.17. The summed E-state index contributed by atoms with van der Waals surface area (Å²) in [4.78, 5) is 8.58. The molecule has 0 amide bonds. The van der Waals surface area contributed by atoms with Crippen LogP contribution >= 0.6 is 0 Å². The number of benzene rings is 1. The van der Waals surface area contributed by atoms with Crippen LogP contribution in [0.15, 0.2) is 24.3 Å². The van der Waals surface area contributed by atoms with Crippen LogP contribution in [0.2, 0.25) is 0 Å². The maximum Gasteiger partial charge on any atom is 0.322 e. The number of aromatic nitrogens is 2. The lowest BCUT2D eigenvalue weighted by molar-refractivity contribution is -0.0491. The molecule has 2 atom stereocenters. The Balaban J connectivity index is 2.41. The topological polar surface area (TPSA) is 62.7 Å². The van der Waals surface area contributed by atoms with Crippen LogP contribution in [0.5, 0.6) is 11.9 Å². The molecule has 0 saturated carbocycles. The van der Waals surface area contributed by atoms with E-state index < -0.39 is 12.6 Å². The van der Waals surface area contributed by atoms with Gasteiger partial charge in [0.15, 0.2) is 12.6 Å². The number of methoxy groups -OCH3 is 2. The van der Waals surface area contributed by atoms with Crippen molar-refractivity contribution < 1.29 is 18.9 Å². The Labute approximate surface area is 117 Å². The maximum absolute atomic E-state index is 5.64. The fourth-order valence-corrected chi connectivity index (χ4v) is 1.57. The lowest BCUT2D eigenvalue weighted by Gasteiger charge is -2.16. The van der Waals surface area contributed by atoms with Gasteiger partial charge in [-0.15, -0.1) is 0 Å². The molecule has 0 spiro atoms. The van der Waals surface area contributed by atoms with Crippen LogP contribution in [0.1, 0.15) is 13.8 Å². The monoisotopic (exact) mass is 278 g/mol. The van der Waals surface area contributed by atoms with E-state index in [4.69, 9.17) is 18.9 Å². The third-order valence-electron chi connectivity index (χ3n) is 2.76. The molecule has 0 fully saturated rings. The van der Waals surface area contributed by atoms with Gasteiger partial charge in [-0.3, -0.25) is 0 Å². The Morgan fingerprint density at radius 3 is 2.25 bits per heavy atom. The van der Waals surface area contributed by atoms with Gasteiger partial charge in [-0.1, -0.05) is 12.1 Å². The summed E-state index contributed by atoms with van der Waals surface area (Å²) in [7, 11) is 3.12. The molecule has 2 unspecified atom stereocenters. The van der Waals surface area contributed by atoms with Crippen molar-refractivity contribution in [1.29, 1.82) is 0 Å². The quantitative estimate of drug-likeness (QED) is 0.756. The molecule has 2 aromatic rings. The summed E-state index contributed by atoms with van der Waals surface area (Å²) in [6, 6.07) is 7.75. The molecular weight excluding hydrogens is 260 g/mol. The molecule has 0 saturated heterocycles. The van der Waals surface area contributed by atoms with Crippen molar-refractivity contribution in [3.05, 3.63) is 24.3 Å². The highest BCUT2D eigenvalue weighted by Gasteiger charge is 2.13. The predicted octanol–water partition coefficient (Wildman–Crippen LogP) is 2.37. The second kappa shape index (κ2) is 6.49. The number of ether oxygens (including phenoxy) is 4. The summed E-state index contributed by atoms with van der Waals surface area (Å²) in [5, 5.41) is 0.800. The number of hydrogen-bond donors (Lipinski definition) is 0. The first-order valence-corrected chi connectivity index (χ1v) is 6.29. The first kappa shape index (κ1) is 14.5. The minimum Gasteiger partial charge on any atom is -0.447 e. The number of nitrogens with zero attached hydrogens (tertiary/aromatic N) is 2. The molecule has 0 aliphatic carbocycles. The smallest absolute Gasteiger partial charge is 0.322 e. The van der Waals surface area contributed by atoms with Crippen molar-refractivity contribution in [2.24, 2.45) is 0 Å². The Morgan fingerprint density at radius 2 is 1.55 bits per heavy atom. The second-order valence-corrected chi connectivity index (χ2v) is 4.17. The molecule has 1 aromatic carbocycles. The zero-order valence-electron chi connectivity index (χ0n) is 12.0. The number of hydrogen-bond acceptors (Lipinski definition) is 6. The van der Waals surface area contributed by atoms with Gasteiger partial charge in [0, 0.05) is 14.2 Å². The largest absolute Gasteiger partial charge is 0.447 e. The molecule has 108 valence electrons. The van der Waals surface area contributed by atoms with Crippen LogP contribution < -0.4 is 9.47 Å². The molecule has 1 aromatic heterocycles. The van der Waals surface area contributed by atoms with Gasteiger partial charge in [-0.25, -0.2) is 0 Å². The van der Waals surface area contributed by atoms with Gasteiger partial charge in [0.1, 0.15) is 0 Å². The van der Waals surface area contributed by atoms with E-state index in [9.17, 15) is 0 Å². The predicted molar refractivity (Wildman–Crippen MR) is 73.7 cm³/mol. The van der Waals surface area contributed by atoms with Crippen molar-refractivity contribution in [2.45, 2.75) is 26.4 Å². The standard InChI is InChI=1S/C14H18N2O4/c1-9(17-3)19-13-11-7-5-6-8-12(11)15-14(16-13)20-10(2)18-4/h5-10H,1-4H3. The minimum absolute atomic E-state index is 0.205. The van der Waals surface area contributed by atoms with Gasteiger partial charge in [0.2, 0.25) is 5.88 Å². The Hall–Kier alpha value is -1.92. The highest BCUT2D eigenvalue weighted by molar-refractivity contribution is 5.83. The molecule has 1 heterocycles. The molecule has 6 nitrogen and oxygen atoms in total. The summed E-state index contributed by atoms with van der Waals surface area (Å²) in [5.74, 6) is 0.420. The van der Waals surface area contributed by atoms with Crippen LogP contribution in [0, 0.1) is 0 Å².